The molecule has 1 N–H and O–H groups in total. The Morgan fingerprint density at radius 3 is 2.43 bits per heavy atom. The van der Waals surface area contributed by atoms with Gasteiger partial charge in [-0.15, -0.1) is 0 Å². The zero-order chi connectivity index (χ0) is 34.7. The maximum Gasteiger partial charge on any atom is 0.264 e. The van der Waals surface area contributed by atoms with Crippen molar-refractivity contribution in [1.82, 2.24) is 4.90 Å². The van der Waals surface area contributed by atoms with E-state index in [1.165, 1.54) is 5.19 Å². The number of benzene rings is 3. The Morgan fingerprint density at radius 1 is 1.06 bits per heavy atom. The Kier molecular flexibility index (Phi) is 8.88. The molecule has 0 aromatic heterocycles. The normalized spacial score (nSPS) is 26.4. The number of amides is 3. The molecule has 0 unspecified atom stereocenters. The van der Waals surface area contributed by atoms with E-state index in [0.717, 1.165) is 41.1 Å². The van der Waals surface area contributed by atoms with Crippen LogP contribution in [0.15, 0.2) is 66.7 Å². The van der Waals surface area contributed by atoms with Crippen molar-refractivity contribution >= 4 is 54.0 Å². The summed E-state index contributed by atoms with van der Waals surface area (Å²) in [6.45, 7) is 8.27. The molecule has 3 amide bonds. The smallest absolute Gasteiger partial charge is 0.264 e. The molecule has 258 valence electrons. The molecular weight excluding hydrogens is 658 g/mol. The molecule has 5 atom stereocenters. The van der Waals surface area contributed by atoms with Gasteiger partial charge >= 0.3 is 0 Å². The molecule has 0 saturated carbocycles. The van der Waals surface area contributed by atoms with Crippen molar-refractivity contribution in [3.63, 3.8) is 0 Å². The van der Waals surface area contributed by atoms with Crippen LogP contribution in [0.25, 0.3) is 0 Å². The lowest BCUT2D eigenvalue weighted by Gasteiger charge is -2.37. The second kappa shape index (κ2) is 12.9. The number of hydrogen-bond donors (Lipinski definition) is 1. The Balaban J connectivity index is 1.27. The van der Waals surface area contributed by atoms with E-state index in [1.807, 2.05) is 48.5 Å². The van der Waals surface area contributed by atoms with E-state index in [2.05, 4.69) is 32.2 Å². The van der Waals surface area contributed by atoms with E-state index < -0.39 is 19.8 Å². The lowest BCUT2D eigenvalue weighted by molar-refractivity contribution is -0.150. The largest absolute Gasteiger partial charge is 0.497 e. The van der Waals surface area contributed by atoms with E-state index in [-0.39, 0.29) is 48.3 Å². The summed E-state index contributed by atoms with van der Waals surface area (Å²) in [6.07, 6.45) is 1.79. The quantitative estimate of drug-likeness (QED) is 0.243. The Bertz CT molecular complexity index is 1770. The zero-order valence-corrected chi connectivity index (χ0v) is 30.3. The second-order valence-corrected chi connectivity index (χ2v) is 19.6. The fourth-order valence-corrected chi connectivity index (χ4v) is 13.0. The third kappa shape index (κ3) is 5.57. The van der Waals surface area contributed by atoms with Gasteiger partial charge in [-0.2, -0.15) is 0 Å². The van der Waals surface area contributed by atoms with Crippen molar-refractivity contribution in [3.05, 3.63) is 82.9 Å². The Labute approximate surface area is 293 Å². The number of nitrogens with zero attached hydrogens (tertiary/aromatic N) is 3. The number of rotatable bonds is 9. The lowest BCUT2D eigenvalue weighted by Crippen LogP contribution is -2.52. The topological polar surface area (TPSA) is 99.6 Å². The van der Waals surface area contributed by atoms with Gasteiger partial charge in [-0.05, 0) is 66.4 Å². The van der Waals surface area contributed by atoms with E-state index in [0.29, 0.717) is 31.1 Å². The summed E-state index contributed by atoms with van der Waals surface area (Å²) >= 11 is 6.65. The predicted molar refractivity (Wildman–Crippen MR) is 192 cm³/mol. The molecule has 7 rings (SSSR count). The van der Waals surface area contributed by atoms with Crippen molar-refractivity contribution < 1.29 is 29.0 Å². The fraction of sp³-hybridized carbons (Fsp3) is 0.447. The summed E-state index contributed by atoms with van der Waals surface area (Å²) in [6, 6.07) is 21.3. The van der Waals surface area contributed by atoms with Crippen LogP contribution >= 0.6 is 11.6 Å². The van der Waals surface area contributed by atoms with Crippen molar-refractivity contribution in [1.29, 1.82) is 0 Å². The van der Waals surface area contributed by atoms with E-state index in [4.69, 9.17) is 21.1 Å². The summed E-state index contributed by atoms with van der Waals surface area (Å²) < 4.78 is 12.6. The van der Waals surface area contributed by atoms with E-state index in [9.17, 15) is 14.7 Å². The Hall–Kier alpha value is -3.70. The van der Waals surface area contributed by atoms with Gasteiger partial charge in [-0.1, -0.05) is 61.1 Å². The number of likely N-dealkylation sites (tertiary alicyclic amines) is 1. The van der Waals surface area contributed by atoms with Gasteiger partial charge in [0.15, 0.2) is 5.60 Å². The molecule has 0 aliphatic carbocycles. The number of hydrogen-bond acceptors (Lipinski definition) is 6. The molecular formula is C38H44ClN3O6Si. The fourth-order valence-electron chi connectivity index (χ4n) is 8.84. The lowest BCUT2D eigenvalue weighted by atomic mass is 9.82. The molecule has 1 spiro atoms. The molecule has 4 aliphatic heterocycles. The minimum absolute atomic E-state index is 0.0512. The van der Waals surface area contributed by atoms with Crippen LogP contribution in [0.5, 0.6) is 5.75 Å². The summed E-state index contributed by atoms with van der Waals surface area (Å²) in [4.78, 5) is 46.4. The minimum atomic E-state index is -2.45. The molecule has 4 heterocycles. The van der Waals surface area contributed by atoms with Gasteiger partial charge in [-0.3, -0.25) is 14.4 Å². The number of methoxy groups -OCH3 is 1. The first-order valence-electron chi connectivity index (χ1n) is 17.2. The highest BCUT2D eigenvalue weighted by Gasteiger charge is 2.66. The number of ether oxygens (including phenoxy) is 2. The number of halogens is 1. The van der Waals surface area contributed by atoms with E-state index >= 15 is 4.79 Å². The van der Waals surface area contributed by atoms with Crippen molar-refractivity contribution in [3.8, 4) is 5.75 Å². The standard InChI is InChI=1S/C38H44ClN3O6Si/c1-24-36(49(3,4)30-14-12-29(47-2)13-15-30)33(21-35(45)40-18-5-6-28(40)23-43)48-38(24)31-20-26(39)9-16-32(31)42(37(38)46)22-25-7-10-27(11-8-25)41-19-17-34(41)44/h7-16,20,24,28,33,36,43H,5-6,17-19,21-23H2,1-4H3/t24-,28-,33+,36-,38+/m0/s1. The average Bonchev–Trinajstić information content (AvgIpc) is 3.75. The minimum Gasteiger partial charge on any atom is -0.497 e. The van der Waals surface area contributed by atoms with Gasteiger partial charge in [0.05, 0.1) is 52.6 Å². The second-order valence-electron chi connectivity index (χ2n) is 14.4. The summed E-state index contributed by atoms with van der Waals surface area (Å²) in [5.74, 6) is 0.392. The number of aliphatic hydroxyl groups excluding tert-OH is 1. The van der Waals surface area contributed by atoms with Crippen LogP contribution in [0, 0.1) is 5.92 Å². The van der Waals surface area contributed by atoms with Crippen molar-refractivity contribution in [2.45, 2.75) is 75.5 Å². The van der Waals surface area contributed by atoms with Gasteiger partial charge in [0.25, 0.3) is 5.91 Å². The van der Waals surface area contributed by atoms with Crippen LogP contribution in [-0.4, -0.2) is 74.8 Å². The molecule has 11 heteroatoms. The number of fused-ring (bicyclic) bond motifs is 2. The first kappa shape index (κ1) is 33.8. The van der Waals surface area contributed by atoms with Crippen molar-refractivity contribution in [2.24, 2.45) is 5.92 Å². The van der Waals surface area contributed by atoms with E-state index in [1.54, 1.807) is 27.9 Å². The molecule has 3 fully saturated rings. The van der Waals surface area contributed by atoms with Gasteiger partial charge in [0.1, 0.15) is 5.75 Å². The SMILES string of the molecule is COc1ccc([Si](C)(C)[C@@H]2[C@@H](CC(=O)N3CCC[C@H]3CO)O[C@]3(C(=O)N(Cc4ccc(N5CCC5=O)cc4)c4ccc(Cl)cc43)[C@H]2C)cc1. The van der Waals surface area contributed by atoms with Crippen LogP contribution in [-0.2, 0) is 31.3 Å². The van der Waals surface area contributed by atoms with Crippen LogP contribution in [0.1, 0.15) is 43.7 Å². The number of carbonyl (C=O) groups excluding carboxylic acids is 3. The molecule has 0 bridgehead atoms. The molecule has 3 saturated heterocycles. The average molecular weight is 702 g/mol. The maximum absolute atomic E-state index is 15.0. The van der Waals surface area contributed by atoms with Crippen LogP contribution in [0.4, 0.5) is 11.4 Å². The predicted octanol–water partition coefficient (Wildman–Crippen LogP) is 5.22. The van der Waals surface area contributed by atoms with Gasteiger partial charge < -0.3 is 29.3 Å². The third-order valence-corrected chi connectivity index (χ3v) is 16.1. The first-order chi connectivity index (χ1) is 23.5. The van der Waals surface area contributed by atoms with Gasteiger partial charge in [-0.25, -0.2) is 0 Å². The maximum atomic E-state index is 15.0. The van der Waals surface area contributed by atoms with Crippen LogP contribution in [0.3, 0.4) is 0 Å². The highest BCUT2D eigenvalue weighted by atomic mass is 35.5. The van der Waals surface area contributed by atoms with Gasteiger partial charge in [0, 0.05) is 41.7 Å². The van der Waals surface area contributed by atoms with Crippen LogP contribution in [0.2, 0.25) is 23.7 Å². The summed E-state index contributed by atoms with van der Waals surface area (Å²) in [7, 11) is -0.803. The summed E-state index contributed by atoms with van der Waals surface area (Å²) in [5.41, 5.74) is 1.81. The summed E-state index contributed by atoms with van der Waals surface area (Å²) in [5, 5.41) is 11.7. The number of β-lactam (4-membered cyclic amide) rings is 1. The molecule has 0 radical (unpaired) electrons. The first-order valence-corrected chi connectivity index (χ1v) is 20.7. The third-order valence-electron chi connectivity index (χ3n) is 11.5. The molecule has 9 nitrogen and oxygen atoms in total. The van der Waals surface area contributed by atoms with Crippen molar-refractivity contribution in [2.75, 3.05) is 36.6 Å². The van der Waals surface area contributed by atoms with Gasteiger partial charge in [0.2, 0.25) is 11.8 Å². The monoisotopic (exact) mass is 701 g/mol. The van der Waals surface area contributed by atoms with Crippen LogP contribution < -0.4 is 19.7 Å². The Morgan fingerprint density at radius 2 is 1.80 bits per heavy atom. The highest BCUT2D eigenvalue weighted by molar-refractivity contribution is 6.91. The molecule has 49 heavy (non-hydrogen) atoms. The molecule has 3 aromatic rings. The zero-order valence-electron chi connectivity index (χ0n) is 28.5. The number of anilines is 2. The highest BCUT2D eigenvalue weighted by Crippen LogP contribution is 2.60. The number of carbonyl (C=O) groups is 3. The molecule has 3 aromatic carbocycles. The molecule has 4 aliphatic rings. The number of aliphatic hydroxyl groups is 1.